The van der Waals surface area contributed by atoms with Crippen LogP contribution in [-0.4, -0.2) is 35.6 Å². The van der Waals surface area contributed by atoms with Gasteiger partial charge in [0.15, 0.2) is 0 Å². The average molecular weight is 503 g/mol. The van der Waals surface area contributed by atoms with Gasteiger partial charge in [-0.05, 0) is 94.0 Å². The van der Waals surface area contributed by atoms with Gasteiger partial charge in [-0.2, -0.15) is 0 Å². The molecule has 0 atom stereocenters. The summed E-state index contributed by atoms with van der Waals surface area (Å²) in [7, 11) is 0. The third-order valence-electron chi connectivity index (χ3n) is 5.39. The molecular formula is C26H24Cl2O6. The summed E-state index contributed by atoms with van der Waals surface area (Å²) in [6.07, 6.45) is 3.11. The number of hydrogen-bond acceptors (Lipinski definition) is 6. The van der Waals surface area contributed by atoms with E-state index < -0.39 is 22.4 Å². The molecule has 0 aromatic heterocycles. The second kappa shape index (κ2) is 11.4. The molecule has 0 spiro atoms. The van der Waals surface area contributed by atoms with E-state index in [4.69, 9.17) is 32.7 Å². The van der Waals surface area contributed by atoms with Crippen molar-refractivity contribution in [2.75, 3.05) is 13.2 Å². The number of benzene rings is 3. The van der Waals surface area contributed by atoms with Crippen molar-refractivity contribution in [1.82, 2.24) is 0 Å². The highest BCUT2D eigenvalue weighted by Gasteiger charge is 2.21. The minimum absolute atomic E-state index is 0.0276. The molecule has 0 amide bonds. The molecule has 3 aromatic carbocycles. The minimum atomic E-state index is -0.786. The highest BCUT2D eigenvalue weighted by Crippen LogP contribution is 2.30. The maximum Gasteiger partial charge on any atom is 0.338 e. The Morgan fingerprint density at radius 1 is 0.588 bits per heavy atom. The second-order valence-electron chi connectivity index (χ2n) is 7.87. The predicted molar refractivity (Wildman–Crippen MR) is 132 cm³/mol. The van der Waals surface area contributed by atoms with Crippen molar-refractivity contribution in [3.63, 3.8) is 0 Å². The van der Waals surface area contributed by atoms with Crippen molar-refractivity contribution in [1.29, 1.82) is 0 Å². The second-order valence-corrected chi connectivity index (χ2v) is 8.56. The fraction of sp³-hybridized carbons (Fsp3) is 0.308. The van der Waals surface area contributed by atoms with Gasteiger partial charge < -0.3 is 9.47 Å². The van der Waals surface area contributed by atoms with Crippen molar-refractivity contribution < 1.29 is 28.7 Å². The van der Waals surface area contributed by atoms with E-state index in [0.717, 1.165) is 12.8 Å². The van der Waals surface area contributed by atoms with Gasteiger partial charge in [0, 0.05) is 11.1 Å². The summed E-state index contributed by atoms with van der Waals surface area (Å²) in [6, 6.07) is 9.58. The highest BCUT2D eigenvalue weighted by molar-refractivity contribution is 6.68. The standard InChI is InChI=1S/C26H24Cl2O6/c1-3-5-7-33-25(31)21-13-17-10-18-14-22(26(32)34-8-6-4-2)20(24(28)30)12-16(18)9-15(17)11-19(21)23(27)29/h9-14H,3-8H2,1-2H3. The van der Waals surface area contributed by atoms with E-state index in [1.54, 1.807) is 24.3 Å². The van der Waals surface area contributed by atoms with Crippen molar-refractivity contribution >= 4 is 67.2 Å². The summed E-state index contributed by atoms with van der Waals surface area (Å²) in [6.45, 7) is 4.42. The lowest BCUT2D eigenvalue weighted by atomic mass is 9.95. The van der Waals surface area contributed by atoms with E-state index in [1.165, 1.54) is 12.1 Å². The lowest BCUT2D eigenvalue weighted by molar-refractivity contribution is 0.0489. The first-order chi connectivity index (χ1) is 16.3. The van der Waals surface area contributed by atoms with Crippen LogP contribution in [0.4, 0.5) is 0 Å². The molecule has 0 saturated carbocycles. The Kier molecular flexibility index (Phi) is 8.64. The van der Waals surface area contributed by atoms with Gasteiger partial charge in [-0.1, -0.05) is 26.7 Å². The molecule has 0 saturated heterocycles. The first-order valence-corrected chi connectivity index (χ1v) is 11.8. The predicted octanol–water partition coefficient (Wildman–Crippen LogP) is 6.66. The smallest absolute Gasteiger partial charge is 0.338 e. The monoisotopic (exact) mass is 502 g/mol. The molecule has 0 unspecified atom stereocenters. The Hall–Kier alpha value is -2.96. The minimum Gasteiger partial charge on any atom is -0.462 e. The zero-order valence-electron chi connectivity index (χ0n) is 18.9. The lowest BCUT2D eigenvalue weighted by Gasteiger charge is -2.12. The summed E-state index contributed by atoms with van der Waals surface area (Å²) >= 11 is 11.5. The van der Waals surface area contributed by atoms with Crippen LogP contribution >= 0.6 is 23.2 Å². The zero-order chi connectivity index (χ0) is 24.8. The highest BCUT2D eigenvalue weighted by atomic mass is 35.5. The molecule has 0 radical (unpaired) electrons. The van der Waals surface area contributed by atoms with Crippen LogP contribution in [0.25, 0.3) is 21.5 Å². The van der Waals surface area contributed by atoms with E-state index in [1.807, 2.05) is 13.8 Å². The molecule has 0 aliphatic heterocycles. The molecular weight excluding hydrogens is 479 g/mol. The van der Waals surface area contributed by atoms with Gasteiger partial charge >= 0.3 is 11.9 Å². The number of ether oxygens (including phenoxy) is 2. The van der Waals surface area contributed by atoms with Gasteiger partial charge in [-0.3, -0.25) is 9.59 Å². The van der Waals surface area contributed by atoms with Crippen LogP contribution in [0.15, 0.2) is 36.4 Å². The van der Waals surface area contributed by atoms with E-state index in [0.29, 0.717) is 34.4 Å². The number of carbonyl (C=O) groups is 4. The Labute approximate surface area is 207 Å². The lowest BCUT2D eigenvalue weighted by Crippen LogP contribution is -2.11. The number of hydrogen-bond donors (Lipinski definition) is 0. The topological polar surface area (TPSA) is 86.7 Å². The van der Waals surface area contributed by atoms with Crippen LogP contribution < -0.4 is 0 Å². The number of rotatable bonds is 10. The molecule has 0 aliphatic carbocycles. The average Bonchev–Trinajstić information content (AvgIpc) is 2.81. The number of halogens is 2. The molecule has 178 valence electrons. The van der Waals surface area contributed by atoms with Crippen LogP contribution in [0.2, 0.25) is 0 Å². The fourth-order valence-electron chi connectivity index (χ4n) is 3.54. The SMILES string of the molecule is CCCCOC(=O)c1cc2cc3cc(C(=O)OCCCC)c(C(=O)Cl)cc3cc2cc1C(=O)Cl. The molecule has 0 aliphatic rings. The Morgan fingerprint density at radius 3 is 1.21 bits per heavy atom. The molecule has 0 bridgehead atoms. The van der Waals surface area contributed by atoms with Gasteiger partial charge in [0.05, 0.1) is 24.3 Å². The van der Waals surface area contributed by atoms with Crippen LogP contribution in [0.1, 0.15) is 81.0 Å². The van der Waals surface area contributed by atoms with Crippen molar-refractivity contribution in [3.05, 3.63) is 58.7 Å². The van der Waals surface area contributed by atoms with Crippen LogP contribution in [0.3, 0.4) is 0 Å². The summed E-state index contributed by atoms with van der Waals surface area (Å²) < 4.78 is 10.5. The van der Waals surface area contributed by atoms with Gasteiger partial charge in [0.25, 0.3) is 10.5 Å². The van der Waals surface area contributed by atoms with E-state index >= 15 is 0 Å². The normalized spacial score (nSPS) is 10.9. The molecule has 6 nitrogen and oxygen atoms in total. The third kappa shape index (κ3) is 5.75. The molecule has 3 aromatic rings. The summed E-state index contributed by atoms with van der Waals surface area (Å²) in [5.41, 5.74) is 0.184. The van der Waals surface area contributed by atoms with Crippen LogP contribution in [0, 0.1) is 0 Å². The van der Waals surface area contributed by atoms with Gasteiger partial charge in [-0.15, -0.1) is 0 Å². The summed E-state index contributed by atoms with van der Waals surface area (Å²) in [5.74, 6) is -1.27. The number of fused-ring (bicyclic) bond motifs is 2. The molecule has 0 N–H and O–H groups in total. The Bertz CT molecular complexity index is 1190. The maximum absolute atomic E-state index is 12.6. The number of esters is 2. The van der Waals surface area contributed by atoms with E-state index in [-0.39, 0.29) is 35.5 Å². The number of carbonyl (C=O) groups excluding carboxylic acids is 4. The van der Waals surface area contributed by atoms with Crippen LogP contribution in [0.5, 0.6) is 0 Å². The van der Waals surface area contributed by atoms with Gasteiger partial charge in [-0.25, -0.2) is 9.59 Å². The Morgan fingerprint density at radius 2 is 0.912 bits per heavy atom. The van der Waals surface area contributed by atoms with Crippen LogP contribution in [-0.2, 0) is 9.47 Å². The largest absolute Gasteiger partial charge is 0.462 e. The van der Waals surface area contributed by atoms with Crippen molar-refractivity contribution in [2.45, 2.75) is 39.5 Å². The van der Waals surface area contributed by atoms with Gasteiger partial charge in [0.2, 0.25) is 0 Å². The maximum atomic E-state index is 12.6. The zero-order valence-corrected chi connectivity index (χ0v) is 20.4. The van der Waals surface area contributed by atoms with E-state index in [2.05, 4.69) is 0 Å². The quantitative estimate of drug-likeness (QED) is 0.133. The Balaban J connectivity index is 2.14. The van der Waals surface area contributed by atoms with E-state index in [9.17, 15) is 19.2 Å². The summed E-state index contributed by atoms with van der Waals surface area (Å²) in [5, 5.41) is 0.928. The molecule has 0 fully saturated rings. The fourth-order valence-corrected chi connectivity index (χ4v) is 3.85. The third-order valence-corrected chi connectivity index (χ3v) is 5.80. The first-order valence-electron chi connectivity index (χ1n) is 11.1. The van der Waals surface area contributed by atoms with Crippen molar-refractivity contribution in [2.24, 2.45) is 0 Å². The molecule has 3 rings (SSSR count). The first kappa shape index (κ1) is 25.7. The van der Waals surface area contributed by atoms with Crippen molar-refractivity contribution in [3.8, 4) is 0 Å². The van der Waals surface area contributed by atoms with Gasteiger partial charge in [0.1, 0.15) is 0 Å². The molecule has 8 heteroatoms. The number of unbranched alkanes of at least 4 members (excludes halogenated alkanes) is 2. The molecule has 0 heterocycles. The molecule has 34 heavy (non-hydrogen) atoms. The summed E-state index contributed by atoms with van der Waals surface area (Å²) in [4.78, 5) is 49.2.